The van der Waals surface area contributed by atoms with Crippen LogP contribution >= 0.6 is 0 Å². The maximum atomic E-state index is 12.8. The summed E-state index contributed by atoms with van der Waals surface area (Å²) in [4.78, 5) is 0. The number of unbranched alkanes of at least 4 members (excludes halogenated alkanes) is 1. The SMILES string of the molecule is Fc1cccc(OCCCCC2CC2)c1. The minimum atomic E-state index is -0.231. The van der Waals surface area contributed by atoms with Crippen LogP contribution in [0.3, 0.4) is 0 Å². The van der Waals surface area contributed by atoms with Gasteiger partial charge in [0, 0.05) is 6.07 Å². The second-order valence-corrected chi connectivity index (χ2v) is 4.24. The van der Waals surface area contributed by atoms with Crippen molar-refractivity contribution in [1.82, 2.24) is 0 Å². The molecule has 0 spiro atoms. The van der Waals surface area contributed by atoms with Crippen molar-refractivity contribution in [3.63, 3.8) is 0 Å². The maximum absolute atomic E-state index is 12.8. The molecule has 0 saturated heterocycles. The Bertz CT molecular complexity index is 307. The molecule has 82 valence electrons. The summed E-state index contributed by atoms with van der Waals surface area (Å²) in [5.74, 6) is 1.41. The fourth-order valence-electron chi connectivity index (χ4n) is 1.69. The first kappa shape index (κ1) is 10.5. The van der Waals surface area contributed by atoms with E-state index in [1.54, 1.807) is 12.1 Å². The molecule has 0 atom stereocenters. The zero-order chi connectivity index (χ0) is 10.5. The third kappa shape index (κ3) is 3.90. The van der Waals surface area contributed by atoms with E-state index in [1.807, 2.05) is 0 Å². The minimum Gasteiger partial charge on any atom is -0.493 e. The third-order valence-electron chi connectivity index (χ3n) is 2.77. The van der Waals surface area contributed by atoms with Crippen LogP contribution in [-0.2, 0) is 0 Å². The summed E-state index contributed by atoms with van der Waals surface area (Å²) in [6.07, 6.45) is 6.50. The highest BCUT2D eigenvalue weighted by Crippen LogP contribution is 2.33. The molecule has 0 heterocycles. The predicted octanol–water partition coefficient (Wildman–Crippen LogP) is 3.78. The van der Waals surface area contributed by atoms with Gasteiger partial charge in [0.05, 0.1) is 6.61 Å². The lowest BCUT2D eigenvalue weighted by molar-refractivity contribution is 0.302. The van der Waals surface area contributed by atoms with Crippen molar-refractivity contribution >= 4 is 0 Å². The first-order chi connectivity index (χ1) is 7.34. The van der Waals surface area contributed by atoms with Crippen molar-refractivity contribution in [2.75, 3.05) is 6.61 Å². The average molecular weight is 208 g/mol. The molecule has 1 nitrogen and oxygen atoms in total. The number of rotatable bonds is 6. The molecule has 1 fully saturated rings. The van der Waals surface area contributed by atoms with E-state index in [1.165, 1.54) is 37.8 Å². The highest BCUT2D eigenvalue weighted by molar-refractivity contribution is 5.22. The highest BCUT2D eigenvalue weighted by Gasteiger charge is 2.19. The van der Waals surface area contributed by atoms with Gasteiger partial charge in [-0.25, -0.2) is 4.39 Å². The lowest BCUT2D eigenvalue weighted by Crippen LogP contribution is -1.97. The van der Waals surface area contributed by atoms with Gasteiger partial charge in [-0.1, -0.05) is 25.3 Å². The van der Waals surface area contributed by atoms with Crippen LogP contribution in [0, 0.1) is 11.7 Å². The van der Waals surface area contributed by atoms with Crippen LogP contribution in [0.25, 0.3) is 0 Å². The summed E-state index contributed by atoms with van der Waals surface area (Å²) in [6, 6.07) is 6.33. The Morgan fingerprint density at radius 2 is 2.13 bits per heavy atom. The average Bonchev–Trinajstić information content (AvgIpc) is 3.01. The van der Waals surface area contributed by atoms with Gasteiger partial charge in [-0.05, 0) is 30.9 Å². The number of ether oxygens (including phenoxy) is 1. The molecule has 1 saturated carbocycles. The Morgan fingerprint density at radius 1 is 1.27 bits per heavy atom. The molecule has 2 heteroatoms. The molecule has 1 aliphatic rings. The topological polar surface area (TPSA) is 9.23 Å². The molecular weight excluding hydrogens is 191 g/mol. The normalized spacial score (nSPS) is 15.3. The van der Waals surface area contributed by atoms with Crippen LogP contribution in [0.1, 0.15) is 32.1 Å². The fourth-order valence-corrected chi connectivity index (χ4v) is 1.69. The van der Waals surface area contributed by atoms with Gasteiger partial charge >= 0.3 is 0 Å². The van der Waals surface area contributed by atoms with Gasteiger partial charge < -0.3 is 4.74 Å². The summed E-state index contributed by atoms with van der Waals surface area (Å²) in [5.41, 5.74) is 0. The Morgan fingerprint density at radius 3 is 2.87 bits per heavy atom. The van der Waals surface area contributed by atoms with Crippen molar-refractivity contribution in [1.29, 1.82) is 0 Å². The molecule has 0 unspecified atom stereocenters. The summed E-state index contributed by atoms with van der Waals surface area (Å²) < 4.78 is 18.2. The first-order valence-electron chi connectivity index (χ1n) is 5.73. The van der Waals surface area contributed by atoms with Crippen LogP contribution in [0.15, 0.2) is 24.3 Å². The molecule has 1 aliphatic carbocycles. The van der Waals surface area contributed by atoms with Crippen molar-refractivity contribution in [2.24, 2.45) is 5.92 Å². The van der Waals surface area contributed by atoms with Gasteiger partial charge in [0.25, 0.3) is 0 Å². The molecule has 0 aliphatic heterocycles. The highest BCUT2D eigenvalue weighted by atomic mass is 19.1. The Hall–Kier alpha value is -1.05. The van der Waals surface area contributed by atoms with Gasteiger partial charge in [0.1, 0.15) is 11.6 Å². The van der Waals surface area contributed by atoms with E-state index in [9.17, 15) is 4.39 Å². The van der Waals surface area contributed by atoms with E-state index < -0.39 is 0 Å². The van der Waals surface area contributed by atoms with Gasteiger partial charge in [-0.2, -0.15) is 0 Å². The van der Waals surface area contributed by atoms with Gasteiger partial charge in [0.15, 0.2) is 0 Å². The Labute approximate surface area is 90.3 Å². The molecule has 0 aromatic heterocycles. The standard InChI is InChI=1S/C13H17FO/c14-12-5-3-6-13(10-12)15-9-2-1-4-11-7-8-11/h3,5-6,10-11H,1-2,4,7-9H2. The fraction of sp³-hybridized carbons (Fsp3) is 0.538. The number of hydrogen-bond donors (Lipinski definition) is 0. The second kappa shape index (κ2) is 5.15. The van der Waals surface area contributed by atoms with E-state index in [-0.39, 0.29) is 5.82 Å². The molecule has 0 radical (unpaired) electrons. The smallest absolute Gasteiger partial charge is 0.126 e. The summed E-state index contributed by atoms with van der Waals surface area (Å²) in [6.45, 7) is 0.705. The third-order valence-corrected chi connectivity index (χ3v) is 2.77. The maximum Gasteiger partial charge on any atom is 0.126 e. The molecule has 0 N–H and O–H groups in total. The van der Waals surface area contributed by atoms with Crippen LogP contribution in [0.5, 0.6) is 5.75 Å². The zero-order valence-electron chi connectivity index (χ0n) is 8.92. The van der Waals surface area contributed by atoms with Crippen LogP contribution in [0.4, 0.5) is 4.39 Å². The van der Waals surface area contributed by atoms with Crippen molar-refractivity contribution in [3.05, 3.63) is 30.1 Å². The van der Waals surface area contributed by atoms with Gasteiger partial charge in [-0.15, -0.1) is 0 Å². The number of benzene rings is 1. The first-order valence-corrected chi connectivity index (χ1v) is 5.73. The Balaban J connectivity index is 1.60. The number of halogens is 1. The second-order valence-electron chi connectivity index (χ2n) is 4.24. The van der Waals surface area contributed by atoms with E-state index in [0.717, 1.165) is 12.3 Å². The van der Waals surface area contributed by atoms with Crippen molar-refractivity contribution < 1.29 is 9.13 Å². The molecule has 1 aromatic carbocycles. The van der Waals surface area contributed by atoms with E-state index in [2.05, 4.69) is 0 Å². The molecule has 0 amide bonds. The predicted molar refractivity (Wildman–Crippen MR) is 58.5 cm³/mol. The molecule has 0 bridgehead atoms. The Kier molecular flexibility index (Phi) is 3.59. The largest absolute Gasteiger partial charge is 0.493 e. The summed E-state index contributed by atoms with van der Waals surface area (Å²) >= 11 is 0. The molecular formula is C13H17FO. The molecule has 15 heavy (non-hydrogen) atoms. The lowest BCUT2D eigenvalue weighted by atomic mass is 10.2. The van der Waals surface area contributed by atoms with E-state index in [0.29, 0.717) is 12.4 Å². The van der Waals surface area contributed by atoms with Crippen molar-refractivity contribution in [3.8, 4) is 5.75 Å². The molecule has 1 aromatic rings. The van der Waals surface area contributed by atoms with Gasteiger partial charge in [-0.3, -0.25) is 0 Å². The summed E-state index contributed by atoms with van der Waals surface area (Å²) in [7, 11) is 0. The zero-order valence-corrected chi connectivity index (χ0v) is 8.92. The molecule has 2 rings (SSSR count). The minimum absolute atomic E-state index is 0.231. The number of hydrogen-bond acceptors (Lipinski definition) is 1. The van der Waals surface area contributed by atoms with Crippen LogP contribution in [0.2, 0.25) is 0 Å². The quantitative estimate of drug-likeness (QED) is 0.646. The van der Waals surface area contributed by atoms with Crippen LogP contribution < -0.4 is 4.74 Å². The van der Waals surface area contributed by atoms with Gasteiger partial charge in [0.2, 0.25) is 0 Å². The van der Waals surface area contributed by atoms with Crippen molar-refractivity contribution in [2.45, 2.75) is 32.1 Å². The van der Waals surface area contributed by atoms with E-state index in [4.69, 9.17) is 4.74 Å². The van der Waals surface area contributed by atoms with Crippen LogP contribution in [-0.4, -0.2) is 6.61 Å². The lowest BCUT2D eigenvalue weighted by Gasteiger charge is -2.05. The summed E-state index contributed by atoms with van der Waals surface area (Å²) in [5, 5.41) is 0. The van der Waals surface area contributed by atoms with E-state index >= 15 is 0 Å². The monoisotopic (exact) mass is 208 g/mol.